The van der Waals surface area contributed by atoms with Crippen LogP contribution in [-0.2, 0) is 10.0 Å². The second-order valence-corrected chi connectivity index (χ2v) is 7.23. The fourth-order valence-corrected chi connectivity index (χ4v) is 4.43. The lowest BCUT2D eigenvalue weighted by Crippen LogP contribution is -2.42. The van der Waals surface area contributed by atoms with E-state index in [1.54, 1.807) is 0 Å². The minimum Gasteiger partial charge on any atom is -0.398 e. The first kappa shape index (κ1) is 15.8. The molecule has 114 valence electrons. The van der Waals surface area contributed by atoms with Gasteiger partial charge in [-0.3, -0.25) is 0 Å². The van der Waals surface area contributed by atoms with Gasteiger partial charge in [-0.25, -0.2) is 13.1 Å². The van der Waals surface area contributed by atoms with Crippen LogP contribution in [0, 0.1) is 17.2 Å². The average molecular weight is 307 g/mol. The van der Waals surface area contributed by atoms with E-state index in [2.05, 4.69) is 11.6 Å². The molecular weight excluding hydrogens is 286 g/mol. The van der Waals surface area contributed by atoms with Gasteiger partial charge in [-0.05, 0) is 37.0 Å². The van der Waals surface area contributed by atoms with Crippen LogP contribution in [-0.4, -0.2) is 14.5 Å². The number of nitrogens with zero attached hydrogens (tertiary/aromatic N) is 1. The second kappa shape index (κ2) is 6.46. The van der Waals surface area contributed by atoms with E-state index in [1.165, 1.54) is 18.2 Å². The highest BCUT2D eigenvalue weighted by Crippen LogP contribution is 2.29. The summed E-state index contributed by atoms with van der Waals surface area (Å²) in [6.07, 6.45) is 5.11. The molecule has 0 aromatic heterocycles. The molecule has 0 amide bonds. The molecule has 2 unspecified atom stereocenters. The van der Waals surface area contributed by atoms with Gasteiger partial charge in [0.1, 0.15) is 4.90 Å². The molecule has 0 radical (unpaired) electrons. The maximum Gasteiger partial charge on any atom is 0.242 e. The lowest BCUT2D eigenvalue weighted by molar-refractivity contribution is 0.282. The van der Waals surface area contributed by atoms with Crippen molar-refractivity contribution in [3.05, 3.63) is 23.8 Å². The number of hydrogen-bond acceptors (Lipinski definition) is 4. The number of nitrogens with one attached hydrogen (secondary N) is 1. The minimum absolute atomic E-state index is 0.0243. The topological polar surface area (TPSA) is 96.0 Å². The predicted octanol–water partition coefficient (Wildman–Crippen LogP) is 2.39. The van der Waals surface area contributed by atoms with Gasteiger partial charge in [0.15, 0.2) is 0 Å². The van der Waals surface area contributed by atoms with Gasteiger partial charge in [-0.15, -0.1) is 0 Å². The summed E-state index contributed by atoms with van der Waals surface area (Å²) in [5.74, 6) is 0.383. The number of nitriles is 1. The molecule has 0 aliphatic heterocycles. The maximum absolute atomic E-state index is 12.5. The third-order valence-electron chi connectivity index (χ3n) is 4.17. The average Bonchev–Trinajstić information content (AvgIpc) is 2.47. The van der Waals surface area contributed by atoms with Crippen LogP contribution in [0.1, 0.15) is 44.6 Å². The molecule has 1 fully saturated rings. The largest absolute Gasteiger partial charge is 0.398 e. The second-order valence-electron chi connectivity index (χ2n) is 5.54. The molecule has 1 saturated carbocycles. The highest BCUT2D eigenvalue weighted by atomic mass is 32.2. The lowest BCUT2D eigenvalue weighted by Gasteiger charge is -2.31. The van der Waals surface area contributed by atoms with Gasteiger partial charge in [0.25, 0.3) is 0 Å². The van der Waals surface area contributed by atoms with Crippen LogP contribution in [0.15, 0.2) is 23.1 Å². The molecule has 2 rings (SSSR count). The molecule has 3 N–H and O–H groups in total. The normalized spacial score (nSPS) is 22.7. The van der Waals surface area contributed by atoms with Crippen molar-refractivity contribution < 1.29 is 8.42 Å². The van der Waals surface area contributed by atoms with Crippen LogP contribution >= 0.6 is 0 Å². The maximum atomic E-state index is 12.5. The summed E-state index contributed by atoms with van der Waals surface area (Å²) in [7, 11) is -3.64. The fraction of sp³-hybridized carbons (Fsp3) is 0.533. The van der Waals surface area contributed by atoms with Gasteiger partial charge in [-0.2, -0.15) is 5.26 Å². The molecule has 0 saturated heterocycles. The van der Waals surface area contributed by atoms with E-state index in [1.807, 2.05) is 6.07 Å². The van der Waals surface area contributed by atoms with Crippen molar-refractivity contribution in [1.29, 1.82) is 5.26 Å². The van der Waals surface area contributed by atoms with Crippen molar-refractivity contribution in [2.75, 3.05) is 5.73 Å². The summed E-state index contributed by atoms with van der Waals surface area (Å²) in [4.78, 5) is 0.0573. The number of nitrogen functional groups attached to an aromatic ring is 1. The van der Waals surface area contributed by atoms with Crippen LogP contribution in [0.3, 0.4) is 0 Å². The highest BCUT2D eigenvalue weighted by molar-refractivity contribution is 7.89. The van der Waals surface area contributed by atoms with Gasteiger partial charge < -0.3 is 5.73 Å². The van der Waals surface area contributed by atoms with Crippen LogP contribution in [0.5, 0.6) is 0 Å². The van der Waals surface area contributed by atoms with Crippen molar-refractivity contribution in [3.63, 3.8) is 0 Å². The summed E-state index contributed by atoms with van der Waals surface area (Å²) in [6, 6.07) is 6.20. The van der Waals surface area contributed by atoms with Crippen molar-refractivity contribution >= 4 is 15.7 Å². The Balaban J connectivity index is 2.24. The SMILES string of the molecule is CCC1CCCCC1NS(=O)(=O)c1ccc(C#N)cc1N. The zero-order valence-electron chi connectivity index (χ0n) is 12.2. The molecule has 2 atom stereocenters. The molecule has 0 heterocycles. The van der Waals surface area contributed by atoms with E-state index in [-0.39, 0.29) is 16.6 Å². The van der Waals surface area contributed by atoms with E-state index in [0.717, 1.165) is 32.1 Å². The third-order valence-corrected chi connectivity index (χ3v) is 5.73. The first-order valence-corrected chi connectivity index (χ1v) is 8.78. The minimum atomic E-state index is -3.64. The predicted molar refractivity (Wildman–Crippen MR) is 81.9 cm³/mol. The number of sulfonamides is 1. The summed E-state index contributed by atoms with van der Waals surface area (Å²) in [5.41, 5.74) is 6.26. The number of anilines is 1. The molecule has 0 spiro atoms. The monoisotopic (exact) mass is 307 g/mol. The Morgan fingerprint density at radius 3 is 2.71 bits per heavy atom. The van der Waals surface area contributed by atoms with E-state index in [9.17, 15) is 8.42 Å². The number of hydrogen-bond donors (Lipinski definition) is 2. The van der Waals surface area contributed by atoms with E-state index >= 15 is 0 Å². The molecule has 21 heavy (non-hydrogen) atoms. The van der Waals surface area contributed by atoms with Crippen LogP contribution < -0.4 is 10.5 Å². The third kappa shape index (κ3) is 3.55. The summed E-state index contributed by atoms with van der Waals surface area (Å²) >= 11 is 0. The highest BCUT2D eigenvalue weighted by Gasteiger charge is 2.29. The Bertz CT molecular complexity index is 649. The molecule has 1 aromatic carbocycles. The number of nitrogens with two attached hydrogens (primary N) is 1. The van der Waals surface area contributed by atoms with Crippen molar-refractivity contribution in [2.24, 2.45) is 5.92 Å². The Morgan fingerprint density at radius 1 is 1.38 bits per heavy atom. The molecule has 1 aromatic rings. The van der Waals surface area contributed by atoms with E-state index < -0.39 is 10.0 Å². The number of rotatable bonds is 4. The van der Waals surface area contributed by atoms with Crippen LogP contribution in [0.25, 0.3) is 0 Å². The van der Waals surface area contributed by atoms with Gasteiger partial charge >= 0.3 is 0 Å². The molecule has 5 nitrogen and oxygen atoms in total. The van der Waals surface area contributed by atoms with E-state index in [0.29, 0.717) is 11.5 Å². The quantitative estimate of drug-likeness (QED) is 0.835. The molecule has 6 heteroatoms. The Labute approximate surface area is 126 Å². The Kier molecular flexibility index (Phi) is 4.86. The van der Waals surface area contributed by atoms with E-state index in [4.69, 9.17) is 11.0 Å². The smallest absolute Gasteiger partial charge is 0.242 e. The van der Waals surface area contributed by atoms with Gasteiger partial charge in [0.05, 0.1) is 17.3 Å². The molecule has 0 bridgehead atoms. The summed E-state index contributed by atoms with van der Waals surface area (Å²) < 4.78 is 27.8. The fourth-order valence-electron chi connectivity index (χ4n) is 2.98. The van der Waals surface area contributed by atoms with Gasteiger partial charge in [0.2, 0.25) is 10.0 Å². The molecular formula is C15H21N3O2S. The first-order chi connectivity index (χ1) is 9.97. The first-order valence-electron chi connectivity index (χ1n) is 7.30. The van der Waals surface area contributed by atoms with Crippen molar-refractivity contribution in [2.45, 2.75) is 50.0 Å². The Hall–Kier alpha value is -1.58. The zero-order chi connectivity index (χ0) is 15.5. The Morgan fingerprint density at radius 2 is 2.10 bits per heavy atom. The van der Waals surface area contributed by atoms with Crippen molar-refractivity contribution in [3.8, 4) is 6.07 Å². The molecule has 1 aliphatic rings. The lowest BCUT2D eigenvalue weighted by atomic mass is 9.83. The van der Waals surface area contributed by atoms with Crippen LogP contribution in [0.2, 0.25) is 0 Å². The summed E-state index contributed by atoms with van der Waals surface area (Å²) in [6.45, 7) is 2.09. The zero-order valence-corrected chi connectivity index (χ0v) is 13.0. The standard InChI is InChI=1S/C15H21N3O2S/c1-2-12-5-3-4-6-14(12)18-21(19,20)15-8-7-11(10-16)9-13(15)17/h7-9,12,14,18H,2-6,17H2,1H3. The molecule has 1 aliphatic carbocycles. The summed E-state index contributed by atoms with van der Waals surface area (Å²) in [5, 5.41) is 8.81. The number of benzene rings is 1. The van der Waals surface area contributed by atoms with Crippen LogP contribution in [0.4, 0.5) is 5.69 Å². The van der Waals surface area contributed by atoms with Gasteiger partial charge in [0, 0.05) is 6.04 Å². The van der Waals surface area contributed by atoms with Gasteiger partial charge in [-0.1, -0.05) is 26.2 Å². The van der Waals surface area contributed by atoms with Crippen molar-refractivity contribution in [1.82, 2.24) is 4.72 Å².